The van der Waals surface area contributed by atoms with Gasteiger partial charge in [-0.25, -0.2) is 4.98 Å². The van der Waals surface area contributed by atoms with Crippen LogP contribution in [0.15, 0.2) is 54.6 Å². The molecule has 1 aromatic heterocycles. The average molecular weight is 400 g/mol. The van der Waals surface area contributed by atoms with Gasteiger partial charge in [0, 0.05) is 12.6 Å². The minimum Gasteiger partial charge on any atom is -0.309 e. The Morgan fingerprint density at radius 1 is 1.11 bits per heavy atom. The second kappa shape index (κ2) is 9.13. The lowest BCUT2D eigenvalue weighted by atomic mass is 10.2. The summed E-state index contributed by atoms with van der Waals surface area (Å²) >= 11 is 7.75. The Balaban J connectivity index is 1.86. The zero-order valence-corrected chi connectivity index (χ0v) is 17.0. The van der Waals surface area contributed by atoms with E-state index in [1.165, 1.54) is 11.3 Å². The van der Waals surface area contributed by atoms with Gasteiger partial charge in [-0.2, -0.15) is 0 Å². The van der Waals surface area contributed by atoms with Crippen molar-refractivity contribution >= 4 is 50.3 Å². The molecule has 3 rings (SSSR count). The number of benzene rings is 2. The van der Waals surface area contributed by atoms with E-state index in [2.05, 4.69) is 9.88 Å². The summed E-state index contributed by atoms with van der Waals surface area (Å²) in [4.78, 5) is 21.4. The van der Waals surface area contributed by atoms with Crippen LogP contribution < -0.4 is 4.90 Å². The molecule has 0 saturated heterocycles. The number of amides is 1. The molecule has 140 valence electrons. The van der Waals surface area contributed by atoms with Crippen LogP contribution in [0.1, 0.15) is 12.0 Å². The maximum Gasteiger partial charge on any atom is 0.252 e. The van der Waals surface area contributed by atoms with Crippen molar-refractivity contribution in [3.63, 3.8) is 0 Å². The fourth-order valence-corrected chi connectivity index (χ4v) is 3.98. The molecular weight excluding hydrogens is 378 g/mol. The predicted molar refractivity (Wildman–Crippen MR) is 116 cm³/mol. The minimum absolute atomic E-state index is 0.0761. The number of hydrogen-bond donors (Lipinski definition) is 0. The van der Waals surface area contributed by atoms with Crippen molar-refractivity contribution in [1.29, 1.82) is 0 Å². The van der Waals surface area contributed by atoms with Gasteiger partial charge in [-0.1, -0.05) is 59.3 Å². The van der Waals surface area contributed by atoms with E-state index < -0.39 is 0 Å². The third kappa shape index (κ3) is 5.16. The molecule has 2 aromatic carbocycles. The summed E-state index contributed by atoms with van der Waals surface area (Å²) in [5, 5.41) is 1.29. The van der Waals surface area contributed by atoms with Crippen molar-refractivity contribution in [2.75, 3.05) is 32.1 Å². The zero-order chi connectivity index (χ0) is 19.2. The number of halogens is 1. The Morgan fingerprint density at radius 2 is 1.89 bits per heavy atom. The fourth-order valence-electron chi connectivity index (χ4n) is 2.69. The van der Waals surface area contributed by atoms with E-state index in [1.807, 2.05) is 68.7 Å². The van der Waals surface area contributed by atoms with Gasteiger partial charge in [0.1, 0.15) is 5.52 Å². The second-order valence-corrected chi connectivity index (χ2v) is 7.89. The maximum absolute atomic E-state index is 12.9. The summed E-state index contributed by atoms with van der Waals surface area (Å²) in [6.07, 6.45) is 4.31. The Labute approximate surface area is 168 Å². The molecule has 0 radical (unpaired) electrons. The first-order valence-electron chi connectivity index (χ1n) is 8.79. The predicted octanol–water partition coefficient (Wildman–Crippen LogP) is 4.95. The average Bonchev–Trinajstić information content (AvgIpc) is 3.09. The van der Waals surface area contributed by atoms with Gasteiger partial charge in [0.2, 0.25) is 0 Å². The number of hydrogen-bond acceptors (Lipinski definition) is 4. The van der Waals surface area contributed by atoms with Crippen LogP contribution in [-0.2, 0) is 4.79 Å². The van der Waals surface area contributed by atoms with Gasteiger partial charge in [-0.3, -0.25) is 9.69 Å². The van der Waals surface area contributed by atoms with Crippen molar-refractivity contribution in [2.45, 2.75) is 6.42 Å². The highest BCUT2D eigenvalue weighted by Crippen LogP contribution is 2.33. The first-order valence-corrected chi connectivity index (χ1v) is 9.98. The SMILES string of the molecule is CN(C)CCCN(C(=O)C=Cc1ccccc1)c1nc2c(Cl)cccc2s1. The van der Waals surface area contributed by atoms with Crippen molar-refractivity contribution in [3.05, 3.63) is 65.2 Å². The van der Waals surface area contributed by atoms with Gasteiger partial charge in [0.25, 0.3) is 5.91 Å². The summed E-state index contributed by atoms with van der Waals surface area (Å²) in [7, 11) is 4.05. The van der Waals surface area contributed by atoms with Gasteiger partial charge < -0.3 is 4.90 Å². The lowest BCUT2D eigenvalue weighted by Crippen LogP contribution is -2.32. The van der Waals surface area contributed by atoms with Crippen LogP contribution in [0.2, 0.25) is 5.02 Å². The van der Waals surface area contributed by atoms with Gasteiger partial charge in [-0.15, -0.1) is 0 Å². The Morgan fingerprint density at radius 3 is 2.59 bits per heavy atom. The van der Waals surface area contributed by atoms with E-state index in [9.17, 15) is 4.79 Å². The molecule has 0 spiro atoms. The van der Waals surface area contributed by atoms with Crippen LogP contribution in [0.5, 0.6) is 0 Å². The molecule has 0 aliphatic heterocycles. The van der Waals surface area contributed by atoms with E-state index in [0.717, 1.165) is 28.7 Å². The van der Waals surface area contributed by atoms with Gasteiger partial charge >= 0.3 is 0 Å². The highest BCUT2D eigenvalue weighted by molar-refractivity contribution is 7.22. The molecule has 0 N–H and O–H groups in total. The molecule has 6 heteroatoms. The molecule has 0 bridgehead atoms. The normalized spacial score (nSPS) is 11.6. The van der Waals surface area contributed by atoms with Crippen LogP contribution in [0, 0.1) is 0 Å². The molecule has 0 unspecified atom stereocenters. The molecule has 27 heavy (non-hydrogen) atoms. The molecule has 0 aliphatic carbocycles. The van der Waals surface area contributed by atoms with Gasteiger partial charge in [0.05, 0.1) is 9.72 Å². The van der Waals surface area contributed by atoms with Crippen LogP contribution >= 0.6 is 22.9 Å². The van der Waals surface area contributed by atoms with E-state index in [-0.39, 0.29) is 5.91 Å². The molecule has 0 atom stereocenters. The Bertz CT molecular complexity index is 937. The van der Waals surface area contributed by atoms with E-state index in [0.29, 0.717) is 16.7 Å². The largest absolute Gasteiger partial charge is 0.309 e. The number of aromatic nitrogens is 1. The third-order valence-corrected chi connectivity index (χ3v) is 5.41. The van der Waals surface area contributed by atoms with E-state index in [1.54, 1.807) is 11.0 Å². The Kier molecular flexibility index (Phi) is 6.61. The summed E-state index contributed by atoms with van der Waals surface area (Å²) in [6, 6.07) is 15.5. The standard InChI is InChI=1S/C21H22ClN3OS/c1-24(2)14-7-15-25(19(26)13-12-16-8-4-3-5-9-16)21-23-20-17(22)10-6-11-18(20)27-21/h3-6,8-13H,7,14-15H2,1-2H3. The number of rotatable bonds is 7. The molecular formula is C21H22ClN3OS. The van der Waals surface area contributed by atoms with Gasteiger partial charge in [-0.05, 0) is 50.8 Å². The molecule has 1 amide bonds. The first-order chi connectivity index (χ1) is 13.0. The summed E-state index contributed by atoms with van der Waals surface area (Å²) in [5.41, 5.74) is 1.74. The van der Waals surface area contributed by atoms with Crippen LogP contribution in [0.25, 0.3) is 16.3 Å². The molecule has 3 aromatic rings. The van der Waals surface area contributed by atoms with Crippen molar-refractivity contribution in [1.82, 2.24) is 9.88 Å². The lowest BCUT2D eigenvalue weighted by molar-refractivity contribution is -0.114. The van der Waals surface area contributed by atoms with Gasteiger partial charge in [0.15, 0.2) is 5.13 Å². The molecule has 1 heterocycles. The quantitative estimate of drug-likeness (QED) is 0.527. The van der Waals surface area contributed by atoms with Crippen molar-refractivity contribution < 1.29 is 4.79 Å². The van der Waals surface area contributed by atoms with Crippen LogP contribution in [0.4, 0.5) is 5.13 Å². The molecule has 4 nitrogen and oxygen atoms in total. The summed E-state index contributed by atoms with van der Waals surface area (Å²) in [6.45, 7) is 1.51. The van der Waals surface area contributed by atoms with Crippen LogP contribution in [0.3, 0.4) is 0 Å². The minimum atomic E-state index is -0.0761. The topological polar surface area (TPSA) is 36.4 Å². The number of thiazole rings is 1. The van der Waals surface area contributed by atoms with Crippen molar-refractivity contribution in [3.8, 4) is 0 Å². The molecule has 0 saturated carbocycles. The number of nitrogens with zero attached hydrogens (tertiary/aromatic N) is 3. The highest BCUT2D eigenvalue weighted by Gasteiger charge is 2.18. The van der Waals surface area contributed by atoms with E-state index >= 15 is 0 Å². The molecule has 0 aliphatic rings. The van der Waals surface area contributed by atoms with Crippen LogP contribution in [-0.4, -0.2) is 43.0 Å². The monoisotopic (exact) mass is 399 g/mol. The summed E-state index contributed by atoms with van der Waals surface area (Å²) < 4.78 is 0.981. The molecule has 0 fully saturated rings. The van der Waals surface area contributed by atoms with E-state index in [4.69, 9.17) is 11.6 Å². The number of anilines is 1. The zero-order valence-electron chi connectivity index (χ0n) is 15.4. The maximum atomic E-state index is 12.9. The lowest BCUT2D eigenvalue weighted by Gasteiger charge is -2.19. The second-order valence-electron chi connectivity index (χ2n) is 6.47. The third-order valence-electron chi connectivity index (χ3n) is 4.06. The first kappa shape index (κ1) is 19.5. The number of carbonyl (C=O) groups excluding carboxylic acids is 1. The number of para-hydroxylation sites is 1. The highest BCUT2D eigenvalue weighted by atomic mass is 35.5. The van der Waals surface area contributed by atoms with Crippen molar-refractivity contribution in [2.24, 2.45) is 0 Å². The Hall–Kier alpha value is -2.21. The number of carbonyl (C=O) groups is 1. The number of fused-ring (bicyclic) bond motifs is 1. The fraction of sp³-hybridized carbons (Fsp3) is 0.238. The smallest absolute Gasteiger partial charge is 0.252 e. The summed E-state index contributed by atoms with van der Waals surface area (Å²) in [5.74, 6) is -0.0761.